The Balaban J connectivity index is 1.90. The molecule has 6 nitrogen and oxygen atoms in total. The molecule has 1 fully saturated rings. The summed E-state index contributed by atoms with van der Waals surface area (Å²) in [5, 5.41) is 8.79. The zero-order valence-electron chi connectivity index (χ0n) is 11.5. The number of rotatable bonds is 6. The van der Waals surface area contributed by atoms with Gasteiger partial charge in [0.25, 0.3) is 0 Å². The van der Waals surface area contributed by atoms with Gasteiger partial charge < -0.3 is 10.0 Å². The quantitative estimate of drug-likeness (QED) is 0.799. The first-order chi connectivity index (χ1) is 9.99. The van der Waals surface area contributed by atoms with Crippen molar-refractivity contribution >= 4 is 27.8 Å². The molecule has 2 rings (SSSR count). The third-order valence-corrected chi connectivity index (χ3v) is 5.65. The fourth-order valence-corrected chi connectivity index (χ4v) is 4.02. The van der Waals surface area contributed by atoms with Gasteiger partial charge in [0, 0.05) is 37.7 Å². The van der Waals surface area contributed by atoms with Crippen molar-refractivity contribution in [3.05, 3.63) is 29.8 Å². The van der Waals surface area contributed by atoms with Gasteiger partial charge in [0.05, 0.1) is 10.5 Å². The molecule has 0 saturated carbocycles. The number of carbonyl (C=O) groups is 1. The summed E-state index contributed by atoms with van der Waals surface area (Å²) in [6.45, 7) is 3.01. The second kappa shape index (κ2) is 7.26. The molecular formula is C13H18N2O4S2. The maximum atomic E-state index is 12.1. The van der Waals surface area contributed by atoms with E-state index in [1.54, 1.807) is 0 Å². The van der Waals surface area contributed by atoms with Gasteiger partial charge in [-0.2, -0.15) is 11.8 Å². The van der Waals surface area contributed by atoms with Crippen molar-refractivity contribution in [2.75, 3.05) is 37.7 Å². The van der Waals surface area contributed by atoms with Crippen LogP contribution in [0.15, 0.2) is 29.2 Å². The molecule has 0 radical (unpaired) electrons. The molecule has 0 bridgehead atoms. The lowest BCUT2D eigenvalue weighted by molar-refractivity contribution is 0.0696. The highest BCUT2D eigenvalue weighted by Crippen LogP contribution is 2.11. The Morgan fingerprint density at radius 1 is 1.24 bits per heavy atom. The third-order valence-electron chi connectivity index (χ3n) is 3.24. The molecule has 116 valence electrons. The molecule has 0 aromatic heterocycles. The van der Waals surface area contributed by atoms with Crippen LogP contribution in [0.2, 0.25) is 0 Å². The number of sulfonamides is 1. The molecule has 0 amide bonds. The van der Waals surface area contributed by atoms with Gasteiger partial charge in [0.2, 0.25) is 10.0 Å². The maximum absolute atomic E-state index is 12.1. The molecule has 1 aliphatic rings. The Kier molecular flexibility index (Phi) is 5.63. The lowest BCUT2D eigenvalue weighted by Crippen LogP contribution is -2.39. The van der Waals surface area contributed by atoms with Crippen molar-refractivity contribution < 1.29 is 18.3 Å². The molecule has 8 heteroatoms. The summed E-state index contributed by atoms with van der Waals surface area (Å²) in [7, 11) is -3.58. The highest BCUT2D eigenvalue weighted by Gasteiger charge is 2.16. The summed E-state index contributed by atoms with van der Waals surface area (Å²) in [6.07, 6.45) is 0. The Bertz CT molecular complexity index is 581. The van der Waals surface area contributed by atoms with Crippen molar-refractivity contribution in [3.63, 3.8) is 0 Å². The summed E-state index contributed by atoms with van der Waals surface area (Å²) < 4.78 is 26.7. The van der Waals surface area contributed by atoms with E-state index in [4.69, 9.17) is 5.11 Å². The normalized spacial score (nSPS) is 16.8. The number of benzene rings is 1. The number of nitrogens with one attached hydrogen (secondary N) is 1. The molecule has 1 saturated heterocycles. The third kappa shape index (κ3) is 4.70. The fraction of sp³-hybridized carbons (Fsp3) is 0.462. The van der Waals surface area contributed by atoms with Gasteiger partial charge in [-0.1, -0.05) is 0 Å². The fourth-order valence-electron chi connectivity index (χ4n) is 2.02. The van der Waals surface area contributed by atoms with Crippen LogP contribution in [0.25, 0.3) is 0 Å². The van der Waals surface area contributed by atoms with Gasteiger partial charge in [-0.3, -0.25) is 0 Å². The summed E-state index contributed by atoms with van der Waals surface area (Å²) in [5.74, 6) is 1.10. The predicted octanol–water partition coefficient (Wildman–Crippen LogP) is 0.712. The first-order valence-electron chi connectivity index (χ1n) is 6.62. The average Bonchev–Trinajstić information content (AvgIpc) is 2.48. The predicted molar refractivity (Wildman–Crippen MR) is 82.4 cm³/mol. The summed E-state index contributed by atoms with van der Waals surface area (Å²) in [6, 6.07) is 5.20. The lowest BCUT2D eigenvalue weighted by atomic mass is 10.2. The van der Waals surface area contributed by atoms with E-state index in [2.05, 4.69) is 9.62 Å². The van der Waals surface area contributed by atoms with Crippen LogP contribution in [0.4, 0.5) is 0 Å². The van der Waals surface area contributed by atoms with Gasteiger partial charge in [-0.15, -0.1) is 0 Å². The molecule has 1 aromatic carbocycles. The molecule has 1 heterocycles. The average molecular weight is 330 g/mol. The number of carboxylic acids is 1. The van der Waals surface area contributed by atoms with E-state index in [-0.39, 0.29) is 10.5 Å². The first kappa shape index (κ1) is 16.3. The molecule has 1 aliphatic heterocycles. The standard InChI is InChI=1S/C13H18N2O4S2/c16-13(17)11-1-3-12(4-2-11)21(18,19)14-5-6-15-7-9-20-10-8-15/h1-4,14H,5-10H2,(H,16,17). The van der Waals surface area contributed by atoms with E-state index in [1.165, 1.54) is 24.3 Å². The SMILES string of the molecule is O=C(O)c1ccc(S(=O)(=O)NCCN2CCSCC2)cc1. The zero-order valence-corrected chi connectivity index (χ0v) is 13.1. The first-order valence-corrected chi connectivity index (χ1v) is 9.26. The molecule has 0 unspecified atom stereocenters. The summed E-state index contributed by atoms with van der Waals surface area (Å²) in [5.41, 5.74) is 0.0692. The van der Waals surface area contributed by atoms with Crippen LogP contribution >= 0.6 is 11.8 Å². The van der Waals surface area contributed by atoms with Crippen LogP contribution in [0.5, 0.6) is 0 Å². The number of hydrogen-bond donors (Lipinski definition) is 2. The lowest BCUT2D eigenvalue weighted by Gasteiger charge is -2.25. The Labute approximate surface area is 128 Å². The van der Waals surface area contributed by atoms with Crippen LogP contribution in [-0.2, 0) is 10.0 Å². The van der Waals surface area contributed by atoms with Gasteiger partial charge in [0.1, 0.15) is 0 Å². The van der Waals surface area contributed by atoms with Crippen LogP contribution < -0.4 is 4.72 Å². The van der Waals surface area contributed by atoms with Crippen molar-refractivity contribution in [2.45, 2.75) is 4.90 Å². The summed E-state index contributed by atoms with van der Waals surface area (Å²) >= 11 is 1.91. The number of hydrogen-bond acceptors (Lipinski definition) is 5. The van der Waals surface area contributed by atoms with Crippen LogP contribution in [-0.4, -0.2) is 62.1 Å². The molecule has 0 atom stereocenters. The number of nitrogens with zero attached hydrogens (tertiary/aromatic N) is 1. The van der Waals surface area contributed by atoms with Gasteiger partial charge in [-0.25, -0.2) is 17.9 Å². The van der Waals surface area contributed by atoms with Crippen LogP contribution in [0, 0.1) is 0 Å². The van der Waals surface area contributed by atoms with Crippen molar-refractivity contribution in [2.24, 2.45) is 0 Å². The van der Waals surface area contributed by atoms with E-state index in [1.807, 2.05) is 11.8 Å². The Morgan fingerprint density at radius 2 is 1.86 bits per heavy atom. The molecule has 2 N–H and O–H groups in total. The Morgan fingerprint density at radius 3 is 2.43 bits per heavy atom. The topological polar surface area (TPSA) is 86.7 Å². The second-order valence-electron chi connectivity index (χ2n) is 4.68. The van der Waals surface area contributed by atoms with E-state index in [9.17, 15) is 13.2 Å². The van der Waals surface area contributed by atoms with E-state index in [0.717, 1.165) is 24.6 Å². The molecule has 0 aliphatic carbocycles. The molecule has 21 heavy (non-hydrogen) atoms. The molecule has 0 spiro atoms. The zero-order chi connectivity index (χ0) is 15.3. The van der Waals surface area contributed by atoms with E-state index in [0.29, 0.717) is 13.1 Å². The van der Waals surface area contributed by atoms with Crippen molar-refractivity contribution in [1.29, 1.82) is 0 Å². The van der Waals surface area contributed by atoms with Crippen molar-refractivity contribution in [1.82, 2.24) is 9.62 Å². The minimum Gasteiger partial charge on any atom is -0.478 e. The van der Waals surface area contributed by atoms with E-state index < -0.39 is 16.0 Å². The molecular weight excluding hydrogens is 312 g/mol. The minimum atomic E-state index is -3.58. The number of carboxylic acid groups (broad SMARTS) is 1. The summed E-state index contributed by atoms with van der Waals surface area (Å²) in [4.78, 5) is 13.1. The monoisotopic (exact) mass is 330 g/mol. The van der Waals surface area contributed by atoms with Crippen LogP contribution in [0.3, 0.4) is 0 Å². The number of aromatic carboxylic acids is 1. The van der Waals surface area contributed by atoms with Crippen LogP contribution in [0.1, 0.15) is 10.4 Å². The largest absolute Gasteiger partial charge is 0.478 e. The maximum Gasteiger partial charge on any atom is 0.335 e. The van der Waals surface area contributed by atoms with E-state index >= 15 is 0 Å². The van der Waals surface area contributed by atoms with Gasteiger partial charge >= 0.3 is 5.97 Å². The van der Waals surface area contributed by atoms with Gasteiger partial charge in [0.15, 0.2) is 0 Å². The smallest absolute Gasteiger partial charge is 0.335 e. The van der Waals surface area contributed by atoms with Gasteiger partial charge in [-0.05, 0) is 24.3 Å². The minimum absolute atomic E-state index is 0.0692. The van der Waals surface area contributed by atoms with Crippen molar-refractivity contribution in [3.8, 4) is 0 Å². The Hall–Kier alpha value is -1.09. The highest BCUT2D eigenvalue weighted by atomic mass is 32.2. The second-order valence-corrected chi connectivity index (χ2v) is 7.67. The highest BCUT2D eigenvalue weighted by molar-refractivity contribution is 7.99. The number of thioether (sulfide) groups is 1. The molecule has 1 aromatic rings.